The summed E-state index contributed by atoms with van der Waals surface area (Å²) in [5.74, 6) is 1.07. The summed E-state index contributed by atoms with van der Waals surface area (Å²) in [6.07, 6.45) is 2.05. The molecule has 0 saturated carbocycles. The van der Waals surface area contributed by atoms with Gasteiger partial charge in [0.1, 0.15) is 5.82 Å². The molecule has 0 aliphatic rings. The van der Waals surface area contributed by atoms with Crippen molar-refractivity contribution in [3.05, 3.63) is 30.1 Å². The van der Waals surface area contributed by atoms with Crippen LogP contribution in [0, 0.1) is 0 Å². The second kappa shape index (κ2) is 4.26. The van der Waals surface area contributed by atoms with Crippen LogP contribution in [0.1, 0.15) is 26.1 Å². The monoisotopic (exact) mass is 217 g/mol. The molecule has 1 heterocycles. The quantitative estimate of drug-likeness (QED) is 0.826. The minimum Gasteiger partial charge on any atom is -0.342 e. The molecule has 0 amide bonds. The Bertz CT molecular complexity index is 438. The number of nitrogens with zero attached hydrogens (tertiary/aromatic N) is 1. The van der Waals surface area contributed by atoms with E-state index in [9.17, 15) is 0 Å². The summed E-state index contributed by atoms with van der Waals surface area (Å²) in [6, 6.07) is 8.15. The Morgan fingerprint density at radius 2 is 2.06 bits per heavy atom. The zero-order chi connectivity index (χ0) is 11.6. The average Bonchev–Trinajstić information content (AvgIpc) is 2.69. The Labute approximate surface area is 96.3 Å². The van der Waals surface area contributed by atoms with Crippen molar-refractivity contribution in [3.8, 4) is 0 Å². The largest absolute Gasteiger partial charge is 0.342 e. The van der Waals surface area contributed by atoms with Gasteiger partial charge >= 0.3 is 0 Å². The third-order valence-corrected chi connectivity index (χ3v) is 3.10. The summed E-state index contributed by atoms with van der Waals surface area (Å²) >= 11 is 0. The summed E-state index contributed by atoms with van der Waals surface area (Å²) in [4.78, 5) is 7.92. The van der Waals surface area contributed by atoms with E-state index in [0.717, 1.165) is 29.7 Å². The van der Waals surface area contributed by atoms with Crippen LogP contribution in [0.3, 0.4) is 0 Å². The Kier molecular flexibility index (Phi) is 2.97. The van der Waals surface area contributed by atoms with Crippen LogP contribution in [0.4, 0.5) is 0 Å². The van der Waals surface area contributed by atoms with E-state index in [2.05, 4.69) is 35.2 Å². The Morgan fingerprint density at radius 3 is 2.75 bits per heavy atom. The van der Waals surface area contributed by atoms with E-state index in [1.807, 2.05) is 25.2 Å². The molecule has 1 aromatic heterocycles. The van der Waals surface area contributed by atoms with Crippen LogP contribution < -0.4 is 5.32 Å². The molecule has 0 unspecified atom stereocenters. The molecule has 2 aromatic rings. The maximum Gasteiger partial charge on any atom is 0.107 e. The number of nitrogens with one attached hydrogen (secondary N) is 2. The highest BCUT2D eigenvalue weighted by molar-refractivity contribution is 5.74. The molecule has 0 saturated heterocycles. The van der Waals surface area contributed by atoms with Crippen molar-refractivity contribution in [2.24, 2.45) is 0 Å². The fraction of sp³-hybridized carbons (Fsp3) is 0.462. The van der Waals surface area contributed by atoms with Crippen molar-refractivity contribution in [1.82, 2.24) is 15.3 Å². The third kappa shape index (κ3) is 2.42. The molecular formula is C13H19N3. The SMILES string of the molecule is CNC(C)(C)CCc1nc2ccccc2[nH]1. The lowest BCUT2D eigenvalue weighted by Gasteiger charge is -2.23. The predicted octanol–water partition coefficient (Wildman–Crippen LogP) is 2.49. The third-order valence-electron chi connectivity index (χ3n) is 3.10. The van der Waals surface area contributed by atoms with E-state index in [-0.39, 0.29) is 5.54 Å². The zero-order valence-electron chi connectivity index (χ0n) is 10.2. The van der Waals surface area contributed by atoms with Gasteiger partial charge in [-0.15, -0.1) is 0 Å². The second-order valence-electron chi connectivity index (χ2n) is 4.83. The maximum atomic E-state index is 4.57. The van der Waals surface area contributed by atoms with Gasteiger partial charge in [-0.1, -0.05) is 12.1 Å². The molecule has 2 N–H and O–H groups in total. The minimum atomic E-state index is 0.166. The van der Waals surface area contributed by atoms with Crippen molar-refractivity contribution < 1.29 is 0 Å². The molecule has 0 bridgehead atoms. The van der Waals surface area contributed by atoms with Crippen molar-refractivity contribution >= 4 is 11.0 Å². The molecule has 0 aliphatic carbocycles. The highest BCUT2D eigenvalue weighted by atomic mass is 14.9. The molecule has 0 radical (unpaired) electrons. The van der Waals surface area contributed by atoms with Gasteiger partial charge in [-0.25, -0.2) is 4.98 Å². The van der Waals surface area contributed by atoms with Crippen molar-refractivity contribution in [1.29, 1.82) is 0 Å². The van der Waals surface area contributed by atoms with E-state index >= 15 is 0 Å². The topological polar surface area (TPSA) is 40.7 Å². The van der Waals surface area contributed by atoms with Crippen molar-refractivity contribution in [3.63, 3.8) is 0 Å². The standard InChI is InChI=1S/C13H19N3/c1-13(2,14-3)9-8-12-15-10-6-4-5-7-11(10)16-12/h4-7,14H,8-9H2,1-3H3,(H,15,16). The number of fused-ring (bicyclic) bond motifs is 1. The van der Waals surface area contributed by atoms with E-state index in [0.29, 0.717) is 0 Å². The number of aromatic nitrogens is 2. The molecule has 0 fully saturated rings. The normalized spacial score (nSPS) is 12.2. The van der Waals surface area contributed by atoms with Gasteiger partial charge in [0.2, 0.25) is 0 Å². The number of aromatic amines is 1. The molecule has 2 rings (SSSR count). The highest BCUT2D eigenvalue weighted by Gasteiger charge is 2.15. The number of rotatable bonds is 4. The first-order chi connectivity index (χ1) is 7.61. The Hall–Kier alpha value is -1.35. The predicted molar refractivity (Wildman–Crippen MR) is 67.6 cm³/mol. The summed E-state index contributed by atoms with van der Waals surface area (Å²) in [5.41, 5.74) is 2.35. The highest BCUT2D eigenvalue weighted by Crippen LogP contribution is 2.15. The van der Waals surface area contributed by atoms with Gasteiger partial charge in [-0.2, -0.15) is 0 Å². The average molecular weight is 217 g/mol. The number of aryl methyl sites for hydroxylation is 1. The minimum absolute atomic E-state index is 0.166. The van der Waals surface area contributed by atoms with Crippen LogP contribution in [0.2, 0.25) is 0 Å². The first-order valence-electron chi connectivity index (χ1n) is 5.73. The van der Waals surface area contributed by atoms with Crippen molar-refractivity contribution in [2.75, 3.05) is 7.05 Å². The van der Waals surface area contributed by atoms with Crippen LogP contribution in [-0.4, -0.2) is 22.6 Å². The van der Waals surface area contributed by atoms with E-state index in [4.69, 9.17) is 0 Å². The van der Waals surface area contributed by atoms with E-state index in [1.54, 1.807) is 0 Å². The van der Waals surface area contributed by atoms with Gasteiger partial charge in [0.05, 0.1) is 11.0 Å². The number of H-pyrrole nitrogens is 1. The number of benzene rings is 1. The Balaban J connectivity index is 2.10. The Morgan fingerprint density at radius 1 is 1.31 bits per heavy atom. The molecule has 3 heteroatoms. The van der Waals surface area contributed by atoms with E-state index in [1.165, 1.54) is 0 Å². The lowest BCUT2D eigenvalue weighted by Crippen LogP contribution is -2.36. The number of hydrogen-bond acceptors (Lipinski definition) is 2. The molecule has 16 heavy (non-hydrogen) atoms. The molecule has 1 aromatic carbocycles. The lowest BCUT2D eigenvalue weighted by atomic mass is 9.99. The summed E-state index contributed by atoms with van der Waals surface area (Å²) < 4.78 is 0. The van der Waals surface area contributed by atoms with Gasteiger partial charge in [0.15, 0.2) is 0 Å². The summed E-state index contributed by atoms with van der Waals surface area (Å²) in [7, 11) is 2.00. The first kappa shape index (κ1) is 11.1. The van der Waals surface area contributed by atoms with E-state index < -0.39 is 0 Å². The summed E-state index contributed by atoms with van der Waals surface area (Å²) in [6.45, 7) is 4.41. The number of imidazole rings is 1. The van der Waals surface area contributed by atoms with Gasteiger partial charge in [0.25, 0.3) is 0 Å². The van der Waals surface area contributed by atoms with Gasteiger partial charge in [-0.3, -0.25) is 0 Å². The molecule has 0 atom stereocenters. The lowest BCUT2D eigenvalue weighted by molar-refractivity contribution is 0.391. The van der Waals surface area contributed by atoms with Crippen LogP contribution in [0.5, 0.6) is 0 Å². The molecule has 0 spiro atoms. The van der Waals surface area contributed by atoms with Gasteiger partial charge in [0, 0.05) is 12.0 Å². The molecular weight excluding hydrogens is 198 g/mol. The fourth-order valence-corrected chi connectivity index (χ4v) is 1.68. The van der Waals surface area contributed by atoms with Crippen molar-refractivity contribution in [2.45, 2.75) is 32.2 Å². The fourth-order valence-electron chi connectivity index (χ4n) is 1.68. The van der Waals surface area contributed by atoms with Gasteiger partial charge < -0.3 is 10.3 Å². The molecule has 86 valence electrons. The second-order valence-corrected chi connectivity index (χ2v) is 4.83. The smallest absolute Gasteiger partial charge is 0.107 e. The summed E-state index contributed by atoms with van der Waals surface area (Å²) in [5, 5.41) is 3.30. The first-order valence-corrected chi connectivity index (χ1v) is 5.73. The maximum absolute atomic E-state index is 4.57. The van der Waals surface area contributed by atoms with Crippen LogP contribution in [-0.2, 0) is 6.42 Å². The molecule has 0 aliphatic heterocycles. The van der Waals surface area contributed by atoms with Gasteiger partial charge in [-0.05, 0) is 39.4 Å². The molecule has 3 nitrogen and oxygen atoms in total. The van der Waals surface area contributed by atoms with Crippen LogP contribution in [0.15, 0.2) is 24.3 Å². The van der Waals surface area contributed by atoms with Crippen LogP contribution >= 0.6 is 0 Å². The number of para-hydroxylation sites is 2. The zero-order valence-corrected chi connectivity index (χ0v) is 10.2. The number of hydrogen-bond donors (Lipinski definition) is 2. The van der Waals surface area contributed by atoms with Crippen LogP contribution in [0.25, 0.3) is 11.0 Å².